The number of hydrogen-bond donors (Lipinski definition) is 1. The van der Waals surface area contributed by atoms with Gasteiger partial charge in [-0.2, -0.15) is 0 Å². The van der Waals surface area contributed by atoms with Gasteiger partial charge in [-0.05, 0) is 19.4 Å². The first-order valence-electron chi connectivity index (χ1n) is 3.90. The Morgan fingerprint density at radius 1 is 1.33 bits per heavy atom. The summed E-state index contributed by atoms with van der Waals surface area (Å²) in [5, 5.41) is 7.24. The summed E-state index contributed by atoms with van der Waals surface area (Å²) in [6, 6.07) is 9.69. The molecule has 12 heavy (non-hydrogen) atoms. The van der Waals surface area contributed by atoms with Crippen molar-refractivity contribution < 1.29 is 0 Å². The van der Waals surface area contributed by atoms with Crippen LogP contribution in [0.15, 0.2) is 43.0 Å². The molecule has 0 saturated heterocycles. The monoisotopic (exact) mass is 161 g/mol. The van der Waals surface area contributed by atoms with Crippen molar-refractivity contribution in [1.82, 2.24) is 0 Å². The molecule has 1 rings (SSSR count). The highest BCUT2D eigenvalue weighted by atomic mass is 14.4. The second-order valence-electron chi connectivity index (χ2n) is 2.40. The first-order valence-corrected chi connectivity index (χ1v) is 3.90. The van der Waals surface area contributed by atoms with Crippen molar-refractivity contribution in [2.24, 2.45) is 0 Å². The molecule has 1 N–H and O–H groups in total. The van der Waals surface area contributed by atoms with Gasteiger partial charge in [0.1, 0.15) is 0 Å². The van der Waals surface area contributed by atoms with E-state index in [-0.39, 0.29) is 0 Å². The Labute approximate surface area is 74.3 Å². The maximum atomic E-state index is 7.24. The summed E-state index contributed by atoms with van der Waals surface area (Å²) in [7, 11) is 0. The lowest BCUT2D eigenvalue weighted by Crippen LogP contribution is -1.88. The van der Waals surface area contributed by atoms with Gasteiger partial charge in [-0.3, -0.25) is 0 Å². The highest BCUT2D eigenvalue weighted by molar-refractivity contribution is 5.96. The molecule has 0 heterocycles. The van der Waals surface area contributed by atoms with E-state index in [1.54, 1.807) is 13.0 Å². The van der Waals surface area contributed by atoms with Crippen LogP contribution in [0.25, 0.3) is 0 Å². The highest BCUT2D eigenvalue weighted by Gasteiger charge is 1.88. The largest absolute Gasteiger partial charge is 0.305 e. The van der Waals surface area contributed by atoms with E-state index in [1.807, 2.05) is 37.3 Å². The van der Waals surface area contributed by atoms with Gasteiger partial charge < -0.3 is 5.41 Å². The average molecular weight is 161 g/mol. The molecule has 0 bridgehead atoms. The van der Waals surface area contributed by atoms with E-state index in [4.69, 9.17) is 5.41 Å². The molecular formula is C11H15N. The van der Waals surface area contributed by atoms with Crippen molar-refractivity contribution in [3.8, 4) is 0 Å². The first-order chi connectivity index (χ1) is 5.72. The van der Waals surface area contributed by atoms with Crippen LogP contribution >= 0.6 is 0 Å². The lowest BCUT2D eigenvalue weighted by atomic mass is 10.1. The topological polar surface area (TPSA) is 23.9 Å². The van der Waals surface area contributed by atoms with Crippen molar-refractivity contribution >= 4 is 5.71 Å². The van der Waals surface area contributed by atoms with Crippen LogP contribution < -0.4 is 0 Å². The van der Waals surface area contributed by atoms with Gasteiger partial charge in [0.05, 0.1) is 0 Å². The zero-order chi connectivity index (χ0) is 9.40. The third-order valence-electron chi connectivity index (χ3n) is 1.21. The van der Waals surface area contributed by atoms with Crippen molar-refractivity contribution in [2.75, 3.05) is 0 Å². The Morgan fingerprint density at radius 2 is 1.75 bits per heavy atom. The normalized spacial score (nSPS) is 7.83. The van der Waals surface area contributed by atoms with Crippen LogP contribution in [0.4, 0.5) is 0 Å². The van der Waals surface area contributed by atoms with Gasteiger partial charge in [0.25, 0.3) is 0 Å². The van der Waals surface area contributed by atoms with E-state index in [0.29, 0.717) is 5.71 Å². The van der Waals surface area contributed by atoms with E-state index in [0.717, 1.165) is 5.56 Å². The Balaban J connectivity index is 0.000000354. The lowest BCUT2D eigenvalue weighted by molar-refractivity contribution is 1.46. The van der Waals surface area contributed by atoms with Gasteiger partial charge >= 0.3 is 0 Å². The molecule has 0 spiro atoms. The number of benzene rings is 1. The zero-order valence-electron chi connectivity index (χ0n) is 7.67. The van der Waals surface area contributed by atoms with Crippen LogP contribution in [-0.2, 0) is 0 Å². The summed E-state index contributed by atoms with van der Waals surface area (Å²) in [5.74, 6) is 0. The fourth-order valence-corrected chi connectivity index (χ4v) is 0.688. The Kier molecular flexibility index (Phi) is 5.62. The third-order valence-corrected chi connectivity index (χ3v) is 1.21. The van der Waals surface area contributed by atoms with E-state index in [1.165, 1.54) is 0 Å². The van der Waals surface area contributed by atoms with Gasteiger partial charge in [-0.1, -0.05) is 36.4 Å². The minimum atomic E-state index is 0.621. The Morgan fingerprint density at radius 3 is 2.00 bits per heavy atom. The fourth-order valence-electron chi connectivity index (χ4n) is 0.688. The first kappa shape index (κ1) is 10.6. The molecule has 0 aliphatic heterocycles. The summed E-state index contributed by atoms with van der Waals surface area (Å²) < 4.78 is 0. The molecule has 1 aromatic carbocycles. The van der Waals surface area contributed by atoms with Crippen LogP contribution in [0.2, 0.25) is 0 Å². The Bertz CT molecular complexity index is 236. The standard InChI is InChI=1S/C8H9N.C3H6/c1-7(9)8-5-3-2-4-6-8;1-3-2/h2-6,9H,1H3;3H,1H2,2H3. The summed E-state index contributed by atoms with van der Waals surface area (Å²) in [6.07, 6.45) is 1.75. The molecule has 0 aliphatic rings. The number of allylic oxidation sites excluding steroid dienone is 1. The third kappa shape index (κ3) is 4.45. The fraction of sp³-hybridized carbons (Fsp3) is 0.182. The molecule has 0 aromatic heterocycles. The van der Waals surface area contributed by atoms with E-state index < -0.39 is 0 Å². The van der Waals surface area contributed by atoms with Gasteiger partial charge in [0, 0.05) is 5.71 Å². The average Bonchev–Trinajstić information content (AvgIpc) is 2.07. The van der Waals surface area contributed by atoms with Crippen molar-refractivity contribution in [3.05, 3.63) is 48.6 Å². The molecule has 1 nitrogen and oxygen atoms in total. The predicted molar refractivity (Wildman–Crippen MR) is 54.8 cm³/mol. The molecule has 1 heteroatoms. The molecule has 0 atom stereocenters. The second-order valence-corrected chi connectivity index (χ2v) is 2.40. The van der Waals surface area contributed by atoms with E-state index in [9.17, 15) is 0 Å². The summed E-state index contributed by atoms with van der Waals surface area (Å²) in [6.45, 7) is 7.04. The quantitative estimate of drug-likeness (QED) is 0.483. The minimum absolute atomic E-state index is 0.621. The molecule has 0 aliphatic carbocycles. The summed E-state index contributed by atoms with van der Waals surface area (Å²) >= 11 is 0. The number of rotatable bonds is 1. The van der Waals surface area contributed by atoms with E-state index in [2.05, 4.69) is 6.58 Å². The molecule has 0 unspecified atom stereocenters. The van der Waals surface area contributed by atoms with Crippen LogP contribution in [0, 0.1) is 5.41 Å². The number of nitrogens with one attached hydrogen (secondary N) is 1. The van der Waals surface area contributed by atoms with Gasteiger partial charge in [0.2, 0.25) is 0 Å². The van der Waals surface area contributed by atoms with E-state index >= 15 is 0 Å². The summed E-state index contributed by atoms with van der Waals surface area (Å²) in [5.41, 5.74) is 1.62. The van der Waals surface area contributed by atoms with Gasteiger partial charge in [0.15, 0.2) is 0 Å². The zero-order valence-corrected chi connectivity index (χ0v) is 7.67. The smallest absolute Gasteiger partial charge is 0.0355 e. The van der Waals surface area contributed by atoms with Crippen LogP contribution in [0.3, 0.4) is 0 Å². The van der Waals surface area contributed by atoms with Crippen LogP contribution in [0.5, 0.6) is 0 Å². The van der Waals surface area contributed by atoms with Crippen LogP contribution in [-0.4, -0.2) is 5.71 Å². The lowest BCUT2D eigenvalue weighted by Gasteiger charge is -1.92. The van der Waals surface area contributed by atoms with Crippen molar-refractivity contribution in [2.45, 2.75) is 13.8 Å². The highest BCUT2D eigenvalue weighted by Crippen LogP contribution is 1.97. The molecule has 0 amide bonds. The van der Waals surface area contributed by atoms with Gasteiger partial charge in [-0.25, -0.2) is 0 Å². The minimum Gasteiger partial charge on any atom is -0.305 e. The summed E-state index contributed by atoms with van der Waals surface area (Å²) in [4.78, 5) is 0. The number of hydrogen-bond acceptors (Lipinski definition) is 1. The maximum absolute atomic E-state index is 7.24. The molecule has 0 fully saturated rings. The molecule has 0 radical (unpaired) electrons. The second kappa shape index (κ2) is 6.35. The van der Waals surface area contributed by atoms with Gasteiger partial charge in [-0.15, -0.1) is 6.58 Å². The predicted octanol–water partition coefficient (Wildman–Crippen LogP) is 3.27. The van der Waals surface area contributed by atoms with Crippen molar-refractivity contribution in [1.29, 1.82) is 5.41 Å². The van der Waals surface area contributed by atoms with Crippen molar-refractivity contribution in [3.63, 3.8) is 0 Å². The Hall–Kier alpha value is -1.37. The molecule has 64 valence electrons. The van der Waals surface area contributed by atoms with Crippen LogP contribution in [0.1, 0.15) is 19.4 Å². The molecule has 1 aromatic rings. The maximum Gasteiger partial charge on any atom is 0.0355 e. The molecular weight excluding hydrogens is 146 g/mol. The SMILES string of the molecule is C=CC.CC(=N)c1ccccc1. The molecule has 0 saturated carbocycles.